The van der Waals surface area contributed by atoms with Crippen LogP contribution in [0.4, 0.5) is 0 Å². The number of aromatic nitrogens is 3. The second kappa shape index (κ2) is 8.50. The Balaban J connectivity index is 1.41. The summed E-state index contributed by atoms with van der Waals surface area (Å²) in [4.78, 5) is 21.1. The molecule has 0 radical (unpaired) electrons. The Bertz CT molecular complexity index is 900. The lowest BCUT2D eigenvalue weighted by atomic mass is 10.1. The van der Waals surface area contributed by atoms with Crippen LogP contribution in [0.3, 0.4) is 0 Å². The fourth-order valence-electron chi connectivity index (χ4n) is 3.03. The number of hydrogen-bond donors (Lipinski definition) is 0. The summed E-state index contributed by atoms with van der Waals surface area (Å²) in [6, 6.07) is 8.03. The standard InChI is InChI=1S/C19H20N4OS3/c1-13-18(27-19(20-13)15-6-5-11-25-15)14-7-8-16(22-21-14)26-12-17(24)23-9-3-2-4-10-23/h5-8,11H,2-4,9-10,12H2,1H3. The van der Waals surface area contributed by atoms with Gasteiger partial charge in [0.15, 0.2) is 0 Å². The first kappa shape index (κ1) is 18.6. The Hall–Kier alpha value is -1.77. The molecule has 0 atom stereocenters. The molecule has 4 heterocycles. The molecule has 0 aliphatic carbocycles. The molecule has 1 saturated heterocycles. The fourth-order valence-corrected chi connectivity index (χ4v) is 5.57. The van der Waals surface area contributed by atoms with Crippen molar-refractivity contribution in [3.05, 3.63) is 35.3 Å². The molecule has 0 unspecified atom stereocenters. The van der Waals surface area contributed by atoms with Gasteiger partial charge in [0.1, 0.15) is 15.7 Å². The molecular weight excluding hydrogens is 396 g/mol. The van der Waals surface area contributed by atoms with E-state index in [9.17, 15) is 4.79 Å². The lowest BCUT2D eigenvalue weighted by Crippen LogP contribution is -2.36. The highest BCUT2D eigenvalue weighted by atomic mass is 32.2. The maximum Gasteiger partial charge on any atom is 0.232 e. The molecule has 0 saturated carbocycles. The van der Waals surface area contributed by atoms with Crippen molar-refractivity contribution < 1.29 is 4.79 Å². The van der Waals surface area contributed by atoms with Gasteiger partial charge in [0.2, 0.25) is 5.91 Å². The van der Waals surface area contributed by atoms with Crippen LogP contribution in [0.2, 0.25) is 0 Å². The van der Waals surface area contributed by atoms with E-state index in [0.717, 1.165) is 52.2 Å². The van der Waals surface area contributed by atoms with Crippen molar-refractivity contribution in [3.8, 4) is 20.5 Å². The van der Waals surface area contributed by atoms with Crippen LogP contribution in [0.1, 0.15) is 25.0 Å². The highest BCUT2D eigenvalue weighted by Gasteiger charge is 2.17. The summed E-state index contributed by atoms with van der Waals surface area (Å²) in [6.45, 7) is 3.78. The third-order valence-corrected chi connectivity index (χ3v) is 7.58. The minimum atomic E-state index is 0.199. The molecule has 1 aliphatic rings. The summed E-state index contributed by atoms with van der Waals surface area (Å²) in [5, 5.41) is 12.5. The van der Waals surface area contributed by atoms with E-state index in [2.05, 4.69) is 26.6 Å². The lowest BCUT2D eigenvalue weighted by molar-refractivity contribution is -0.129. The van der Waals surface area contributed by atoms with E-state index < -0.39 is 0 Å². The highest BCUT2D eigenvalue weighted by Crippen LogP contribution is 2.36. The molecule has 0 spiro atoms. The number of thiazole rings is 1. The molecule has 0 N–H and O–H groups in total. The molecule has 8 heteroatoms. The smallest absolute Gasteiger partial charge is 0.232 e. The summed E-state index contributed by atoms with van der Waals surface area (Å²) in [5.41, 5.74) is 1.80. The Labute approximate surface area is 170 Å². The molecule has 140 valence electrons. The number of rotatable bonds is 5. The molecule has 1 fully saturated rings. The predicted octanol–water partition coefficient (Wildman–Crippen LogP) is 4.74. The van der Waals surface area contributed by atoms with Gasteiger partial charge >= 0.3 is 0 Å². The first-order valence-electron chi connectivity index (χ1n) is 8.97. The molecule has 0 bridgehead atoms. The first-order chi connectivity index (χ1) is 13.2. The summed E-state index contributed by atoms with van der Waals surface area (Å²) in [6.07, 6.45) is 3.47. The Kier molecular flexibility index (Phi) is 5.85. The highest BCUT2D eigenvalue weighted by molar-refractivity contribution is 7.99. The molecule has 0 aromatic carbocycles. The number of thioether (sulfide) groups is 1. The number of nitrogens with zero attached hydrogens (tertiary/aromatic N) is 4. The predicted molar refractivity (Wildman–Crippen MR) is 112 cm³/mol. The maximum atomic E-state index is 12.3. The van der Waals surface area contributed by atoms with Gasteiger partial charge in [0.25, 0.3) is 0 Å². The van der Waals surface area contributed by atoms with Crippen molar-refractivity contribution in [3.63, 3.8) is 0 Å². The van der Waals surface area contributed by atoms with Crippen LogP contribution >= 0.6 is 34.4 Å². The number of piperidine rings is 1. The van der Waals surface area contributed by atoms with E-state index >= 15 is 0 Å². The molecule has 4 rings (SSSR count). The van der Waals surface area contributed by atoms with Crippen molar-refractivity contribution in [2.75, 3.05) is 18.8 Å². The van der Waals surface area contributed by atoms with Crippen LogP contribution in [0.25, 0.3) is 20.5 Å². The second-order valence-corrected chi connectivity index (χ2v) is 9.34. The second-order valence-electron chi connectivity index (χ2n) is 6.40. The Morgan fingerprint density at radius 2 is 2.04 bits per heavy atom. The van der Waals surface area contributed by atoms with Crippen molar-refractivity contribution in [2.24, 2.45) is 0 Å². The van der Waals surface area contributed by atoms with Crippen LogP contribution in [-0.2, 0) is 4.79 Å². The third-order valence-electron chi connectivity index (χ3n) is 4.45. The minimum Gasteiger partial charge on any atom is -0.342 e. The molecular formula is C19H20N4OS3. The monoisotopic (exact) mass is 416 g/mol. The van der Waals surface area contributed by atoms with Crippen LogP contribution in [0.15, 0.2) is 34.7 Å². The number of carbonyl (C=O) groups is 1. The van der Waals surface area contributed by atoms with E-state index in [-0.39, 0.29) is 5.91 Å². The number of hydrogen-bond acceptors (Lipinski definition) is 7. The SMILES string of the molecule is Cc1nc(-c2cccs2)sc1-c1ccc(SCC(=O)N2CCCCC2)nn1. The van der Waals surface area contributed by atoms with E-state index in [1.54, 1.807) is 22.7 Å². The average Bonchev–Trinajstić information content (AvgIpc) is 3.37. The van der Waals surface area contributed by atoms with E-state index in [1.807, 2.05) is 30.0 Å². The summed E-state index contributed by atoms with van der Waals surface area (Å²) in [7, 11) is 0. The molecule has 1 aliphatic heterocycles. The molecule has 5 nitrogen and oxygen atoms in total. The summed E-state index contributed by atoms with van der Waals surface area (Å²) in [5.74, 6) is 0.625. The first-order valence-corrected chi connectivity index (χ1v) is 11.6. The van der Waals surface area contributed by atoms with E-state index in [1.165, 1.54) is 23.1 Å². The van der Waals surface area contributed by atoms with Gasteiger partial charge in [-0.15, -0.1) is 32.9 Å². The van der Waals surface area contributed by atoms with Crippen molar-refractivity contribution >= 4 is 40.3 Å². The van der Waals surface area contributed by atoms with Crippen LogP contribution in [0, 0.1) is 6.92 Å². The topological polar surface area (TPSA) is 59.0 Å². The number of likely N-dealkylation sites (tertiary alicyclic amines) is 1. The van der Waals surface area contributed by atoms with Crippen molar-refractivity contribution in [2.45, 2.75) is 31.2 Å². The number of aryl methyl sites for hydroxylation is 1. The normalized spacial score (nSPS) is 14.5. The van der Waals surface area contributed by atoms with Gasteiger partial charge in [0, 0.05) is 13.1 Å². The van der Waals surface area contributed by atoms with Gasteiger partial charge in [-0.25, -0.2) is 4.98 Å². The molecule has 27 heavy (non-hydrogen) atoms. The van der Waals surface area contributed by atoms with Gasteiger partial charge in [0.05, 0.1) is 21.2 Å². The van der Waals surface area contributed by atoms with E-state index in [0.29, 0.717) is 5.75 Å². The van der Waals surface area contributed by atoms with Crippen LogP contribution in [-0.4, -0.2) is 44.8 Å². The largest absolute Gasteiger partial charge is 0.342 e. The fraction of sp³-hybridized carbons (Fsp3) is 0.368. The minimum absolute atomic E-state index is 0.199. The Morgan fingerprint density at radius 1 is 1.19 bits per heavy atom. The van der Waals surface area contributed by atoms with Crippen molar-refractivity contribution in [1.82, 2.24) is 20.1 Å². The van der Waals surface area contributed by atoms with Gasteiger partial charge in [-0.1, -0.05) is 17.8 Å². The maximum absolute atomic E-state index is 12.3. The summed E-state index contributed by atoms with van der Waals surface area (Å²) >= 11 is 4.79. The number of carbonyl (C=O) groups excluding carboxylic acids is 1. The number of amides is 1. The third kappa shape index (κ3) is 4.39. The van der Waals surface area contributed by atoms with Crippen molar-refractivity contribution in [1.29, 1.82) is 0 Å². The number of thiophene rings is 1. The quantitative estimate of drug-likeness (QED) is 0.562. The molecule has 3 aromatic heterocycles. The zero-order valence-corrected chi connectivity index (χ0v) is 17.5. The average molecular weight is 417 g/mol. The molecule has 1 amide bonds. The summed E-state index contributed by atoms with van der Waals surface area (Å²) < 4.78 is 0. The van der Waals surface area contributed by atoms with Gasteiger partial charge in [-0.05, 0) is 49.8 Å². The molecule has 3 aromatic rings. The van der Waals surface area contributed by atoms with Gasteiger partial charge in [-0.2, -0.15) is 0 Å². The van der Waals surface area contributed by atoms with Gasteiger partial charge < -0.3 is 4.90 Å². The lowest BCUT2D eigenvalue weighted by Gasteiger charge is -2.26. The van der Waals surface area contributed by atoms with E-state index in [4.69, 9.17) is 0 Å². The van der Waals surface area contributed by atoms with Crippen LogP contribution in [0.5, 0.6) is 0 Å². The van der Waals surface area contributed by atoms with Crippen LogP contribution < -0.4 is 0 Å². The Morgan fingerprint density at radius 3 is 2.74 bits per heavy atom. The van der Waals surface area contributed by atoms with Gasteiger partial charge in [-0.3, -0.25) is 4.79 Å². The zero-order chi connectivity index (χ0) is 18.6. The zero-order valence-electron chi connectivity index (χ0n) is 15.1.